The zero-order valence-electron chi connectivity index (χ0n) is 11.0. The third-order valence-electron chi connectivity index (χ3n) is 2.79. The quantitative estimate of drug-likeness (QED) is 0.919. The largest absolute Gasteiger partial charge is 0.405 e. The second-order valence-corrected chi connectivity index (χ2v) is 4.63. The zero-order valence-corrected chi connectivity index (χ0v) is 11.0. The molecule has 1 aromatic carbocycles. The number of nitrogens with zero attached hydrogens (tertiary/aromatic N) is 1. The molecule has 0 saturated heterocycles. The number of amides is 1. The van der Waals surface area contributed by atoms with E-state index in [0.717, 1.165) is 5.56 Å². The van der Waals surface area contributed by atoms with Gasteiger partial charge in [-0.25, -0.2) is 0 Å². The second-order valence-electron chi connectivity index (χ2n) is 4.63. The van der Waals surface area contributed by atoms with Crippen LogP contribution in [0.15, 0.2) is 24.3 Å². The Morgan fingerprint density at radius 1 is 1.25 bits per heavy atom. The van der Waals surface area contributed by atoms with E-state index in [1.54, 1.807) is 19.1 Å². The number of benzene rings is 1. The summed E-state index contributed by atoms with van der Waals surface area (Å²) in [5.41, 5.74) is 2.29. The van der Waals surface area contributed by atoms with Gasteiger partial charge < -0.3 is 5.32 Å². The lowest BCUT2D eigenvalue weighted by Crippen LogP contribution is -2.33. The topological polar surface area (TPSA) is 42.0 Å². The van der Waals surface area contributed by atoms with Crippen molar-refractivity contribution in [1.29, 1.82) is 0 Å². The predicted octanol–water partition coefficient (Wildman–Crippen LogP) is 3.14. The minimum atomic E-state index is -4.43. The fourth-order valence-corrected chi connectivity index (χ4v) is 1.94. The molecule has 2 rings (SSSR count). The number of hydrogen-bond acceptors (Lipinski definition) is 2. The molecule has 6 heteroatoms. The number of aryl methyl sites for hydroxylation is 2. The first kappa shape index (κ1) is 14.3. The smallest absolute Gasteiger partial charge is 0.343 e. The van der Waals surface area contributed by atoms with Gasteiger partial charge in [-0.3, -0.25) is 9.78 Å². The number of hydrogen-bond donors (Lipinski definition) is 1. The summed E-state index contributed by atoms with van der Waals surface area (Å²) < 4.78 is 36.5. The normalized spacial score (nSPS) is 11.7. The van der Waals surface area contributed by atoms with E-state index < -0.39 is 18.6 Å². The summed E-state index contributed by atoms with van der Waals surface area (Å²) in [6.45, 7) is 2.19. The van der Waals surface area contributed by atoms with Gasteiger partial charge >= 0.3 is 6.18 Å². The molecule has 0 unspecified atom stereocenters. The van der Waals surface area contributed by atoms with E-state index in [1.807, 2.05) is 18.3 Å². The Bertz CT molecular complexity index is 665. The lowest BCUT2D eigenvalue weighted by Gasteiger charge is -2.11. The van der Waals surface area contributed by atoms with E-state index in [2.05, 4.69) is 4.98 Å². The van der Waals surface area contributed by atoms with Crippen LogP contribution in [0.4, 0.5) is 13.2 Å². The number of aromatic nitrogens is 1. The molecule has 1 N–H and O–H groups in total. The van der Waals surface area contributed by atoms with Gasteiger partial charge in [-0.1, -0.05) is 11.6 Å². The molecule has 20 heavy (non-hydrogen) atoms. The summed E-state index contributed by atoms with van der Waals surface area (Å²) in [6.07, 6.45) is -4.43. The number of alkyl halides is 3. The van der Waals surface area contributed by atoms with Gasteiger partial charge in [-0.15, -0.1) is 0 Å². The molecule has 1 amide bonds. The molecule has 106 valence electrons. The first-order valence-electron chi connectivity index (χ1n) is 5.99. The Kier molecular flexibility index (Phi) is 3.65. The van der Waals surface area contributed by atoms with E-state index >= 15 is 0 Å². The highest BCUT2D eigenvalue weighted by Crippen LogP contribution is 2.20. The standard InChI is InChI=1S/C14H13F3N2O/c1-8-3-4-12-10(5-8)11(6-9(2)19-12)13(20)18-7-14(15,16)17/h3-6H,7H2,1-2H3,(H,18,20). The fourth-order valence-electron chi connectivity index (χ4n) is 1.94. The Labute approximate surface area is 113 Å². The van der Waals surface area contributed by atoms with Crippen molar-refractivity contribution in [3.63, 3.8) is 0 Å². The van der Waals surface area contributed by atoms with Gasteiger partial charge in [0.05, 0.1) is 11.1 Å². The molecule has 0 saturated carbocycles. The third-order valence-corrected chi connectivity index (χ3v) is 2.79. The molecule has 2 aromatic rings. The molecular formula is C14H13F3N2O. The van der Waals surface area contributed by atoms with Crippen molar-refractivity contribution in [2.24, 2.45) is 0 Å². The molecule has 0 radical (unpaired) electrons. The Balaban J connectivity index is 2.42. The highest BCUT2D eigenvalue weighted by Gasteiger charge is 2.28. The molecular weight excluding hydrogens is 269 g/mol. The summed E-state index contributed by atoms with van der Waals surface area (Å²) >= 11 is 0. The molecule has 1 aromatic heterocycles. The molecule has 0 aliphatic heterocycles. The second kappa shape index (κ2) is 5.11. The number of carbonyl (C=O) groups is 1. The van der Waals surface area contributed by atoms with Crippen molar-refractivity contribution in [3.8, 4) is 0 Å². The SMILES string of the molecule is Cc1ccc2nc(C)cc(C(=O)NCC(F)(F)F)c2c1. The lowest BCUT2D eigenvalue weighted by molar-refractivity contribution is -0.123. The summed E-state index contributed by atoms with van der Waals surface area (Å²) in [4.78, 5) is 16.2. The molecule has 0 fully saturated rings. The van der Waals surface area contributed by atoms with Crippen LogP contribution in [0.3, 0.4) is 0 Å². The molecule has 1 heterocycles. The van der Waals surface area contributed by atoms with Gasteiger partial charge in [0, 0.05) is 11.1 Å². The highest BCUT2D eigenvalue weighted by atomic mass is 19.4. The summed E-state index contributed by atoms with van der Waals surface area (Å²) in [5.74, 6) is -0.747. The van der Waals surface area contributed by atoms with Crippen LogP contribution in [-0.4, -0.2) is 23.6 Å². The van der Waals surface area contributed by atoms with Crippen LogP contribution >= 0.6 is 0 Å². The van der Waals surface area contributed by atoms with Crippen molar-refractivity contribution in [1.82, 2.24) is 10.3 Å². The Morgan fingerprint density at radius 3 is 2.60 bits per heavy atom. The molecule has 0 bridgehead atoms. The maximum Gasteiger partial charge on any atom is 0.405 e. The van der Waals surface area contributed by atoms with Gasteiger partial charge in [0.1, 0.15) is 6.54 Å². The van der Waals surface area contributed by atoms with Crippen LogP contribution in [0.25, 0.3) is 10.9 Å². The number of carbonyl (C=O) groups excluding carboxylic acids is 1. The minimum absolute atomic E-state index is 0.209. The van der Waals surface area contributed by atoms with Gasteiger partial charge in [0.2, 0.25) is 0 Å². The minimum Gasteiger partial charge on any atom is -0.343 e. The Hall–Kier alpha value is -2.11. The van der Waals surface area contributed by atoms with Crippen LogP contribution in [0, 0.1) is 13.8 Å². The lowest BCUT2D eigenvalue weighted by atomic mass is 10.0. The first-order chi connectivity index (χ1) is 9.26. The fraction of sp³-hybridized carbons (Fsp3) is 0.286. The van der Waals surface area contributed by atoms with Gasteiger partial charge in [-0.2, -0.15) is 13.2 Å². The van der Waals surface area contributed by atoms with Crippen molar-refractivity contribution < 1.29 is 18.0 Å². The van der Waals surface area contributed by atoms with Crippen molar-refractivity contribution in [2.45, 2.75) is 20.0 Å². The number of pyridine rings is 1. The van der Waals surface area contributed by atoms with E-state index in [-0.39, 0.29) is 5.56 Å². The van der Waals surface area contributed by atoms with Crippen molar-refractivity contribution in [2.75, 3.05) is 6.54 Å². The van der Waals surface area contributed by atoms with Crippen LogP contribution < -0.4 is 5.32 Å². The monoisotopic (exact) mass is 282 g/mol. The average molecular weight is 282 g/mol. The molecule has 0 aliphatic rings. The van der Waals surface area contributed by atoms with Crippen molar-refractivity contribution >= 4 is 16.8 Å². The maximum atomic E-state index is 12.2. The van der Waals surface area contributed by atoms with Crippen LogP contribution in [0.1, 0.15) is 21.6 Å². The summed E-state index contributed by atoms with van der Waals surface area (Å²) in [7, 11) is 0. The number of nitrogens with one attached hydrogen (secondary N) is 1. The van der Waals surface area contributed by atoms with Gasteiger partial charge in [0.15, 0.2) is 0 Å². The molecule has 0 spiro atoms. The number of halogens is 3. The summed E-state index contributed by atoms with van der Waals surface area (Å²) in [6, 6.07) is 6.82. The zero-order chi connectivity index (χ0) is 14.9. The van der Waals surface area contributed by atoms with Crippen LogP contribution in [0.2, 0.25) is 0 Å². The van der Waals surface area contributed by atoms with Gasteiger partial charge in [-0.05, 0) is 32.0 Å². The van der Waals surface area contributed by atoms with Crippen LogP contribution in [-0.2, 0) is 0 Å². The van der Waals surface area contributed by atoms with E-state index in [1.165, 1.54) is 6.07 Å². The van der Waals surface area contributed by atoms with Gasteiger partial charge in [0.25, 0.3) is 5.91 Å². The first-order valence-corrected chi connectivity index (χ1v) is 5.99. The van der Waals surface area contributed by atoms with E-state index in [9.17, 15) is 18.0 Å². The highest BCUT2D eigenvalue weighted by molar-refractivity contribution is 6.06. The molecule has 0 aliphatic carbocycles. The number of rotatable bonds is 2. The van der Waals surface area contributed by atoms with E-state index in [4.69, 9.17) is 0 Å². The number of fused-ring (bicyclic) bond motifs is 1. The van der Waals surface area contributed by atoms with Crippen molar-refractivity contribution in [3.05, 3.63) is 41.1 Å². The van der Waals surface area contributed by atoms with Crippen LogP contribution in [0.5, 0.6) is 0 Å². The average Bonchev–Trinajstić information content (AvgIpc) is 2.34. The maximum absolute atomic E-state index is 12.2. The summed E-state index contributed by atoms with van der Waals surface area (Å²) in [5, 5.41) is 2.44. The molecule has 0 atom stereocenters. The third kappa shape index (κ3) is 3.26. The predicted molar refractivity (Wildman–Crippen MR) is 69.6 cm³/mol. The molecule has 3 nitrogen and oxygen atoms in total. The van der Waals surface area contributed by atoms with E-state index in [0.29, 0.717) is 16.6 Å². The Morgan fingerprint density at radius 2 is 1.95 bits per heavy atom.